The molecule has 1 aliphatic carbocycles. The fourth-order valence-electron chi connectivity index (χ4n) is 4.58. The van der Waals surface area contributed by atoms with Crippen LogP contribution < -0.4 is 10.0 Å². The summed E-state index contributed by atoms with van der Waals surface area (Å²) in [6.07, 6.45) is 4.18. The number of sulfonamides is 1. The molecule has 2 heterocycles. The van der Waals surface area contributed by atoms with Crippen molar-refractivity contribution in [3.63, 3.8) is 0 Å². The lowest BCUT2D eigenvalue weighted by molar-refractivity contribution is -0.126. The molecule has 0 radical (unpaired) electrons. The van der Waals surface area contributed by atoms with Crippen LogP contribution >= 0.6 is 11.8 Å². The Bertz CT molecular complexity index is 837. The molecule has 6 atom stereocenters. The summed E-state index contributed by atoms with van der Waals surface area (Å²) in [7, 11) is -3.32. The van der Waals surface area contributed by atoms with Gasteiger partial charge in [-0.2, -0.15) is 0 Å². The molecule has 1 amide bonds. The van der Waals surface area contributed by atoms with E-state index in [0.29, 0.717) is 12.1 Å². The Morgan fingerprint density at radius 3 is 2.65 bits per heavy atom. The number of carbonyl (C=O) groups excluding carboxylic acids is 1. The Morgan fingerprint density at radius 1 is 1.23 bits per heavy atom. The average Bonchev–Trinajstić information content (AvgIpc) is 3.05. The molecule has 1 aromatic carbocycles. The molecule has 3 aliphatic rings. The number of hydrogen-bond acceptors (Lipinski definition) is 5. The summed E-state index contributed by atoms with van der Waals surface area (Å²) in [6.45, 7) is 0. The Balaban J connectivity index is 1.65. The maximum atomic E-state index is 12.3. The number of allylic oxidation sites excluding steroid dienone is 1. The minimum absolute atomic E-state index is 0.0642. The van der Waals surface area contributed by atoms with Gasteiger partial charge in [-0.15, -0.1) is 11.8 Å². The molecule has 1 aromatic rings. The molecular formula is C18H22N2O4S2. The number of aliphatic hydroxyl groups excluding tert-OH is 1. The van der Waals surface area contributed by atoms with E-state index < -0.39 is 16.1 Å². The van der Waals surface area contributed by atoms with Gasteiger partial charge >= 0.3 is 0 Å². The maximum Gasteiger partial charge on any atom is 0.234 e. The lowest BCUT2D eigenvalue weighted by atomic mass is 9.63. The van der Waals surface area contributed by atoms with Gasteiger partial charge in [0.1, 0.15) is 0 Å². The number of carbonyl (C=O) groups is 1. The summed E-state index contributed by atoms with van der Waals surface area (Å²) in [5.74, 6) is 0.264. The molecule has 0 aromatic heterocycles. The van der Waals surface area contributed by atoms with E-state index in [2.05, 4.69) is 16.1 Å². The SMILES string of the molecule is CS(=O)(=O)Nc1ccc(C2C(O)CCC3NC(=O)C4SC=CC4C32)cc1. The lowest BCUT2D eigenvalue weighted by Crippen LogP contribution is -2.59. The van der Waals surface area contributed by atoms with E-state index in [1.165, 1.54) is 0 Å². The van der Waals surface area contributed by atoms with Crippen LogP contribution in [0.3, 0.4) is 0 Å². The molecule has 1 saturated heterocycles. The van der Waals surface area contributed by atoms with Crippen molar-refractivity contribution in [1.82, 2.24) is 5.32 Å². The van der Waals surface area contributed by atoms with Gasteiger partial charge in [0.05, 0.1) is 17.6 Å². The highest BCUT2D eigenvalue weighted by molar-refractivity contribution is 8.03. The first-order valence-corrected chi connectivity index (χ1v) is 11.6. The van der Waals surface area contributed by atoms with Crippen LogP contribution in [-0.4, -0.2) is 43.1 Å². The predicted octanol–water partition coefficient (Wildman–Crippen LogP) is 1.66. The number of nitrogens with one attached hydrogen (secondary N) is 2. The first-order valence-electron chi connectivity index (χ1n) is 8.72. The molecule has 4 rings (SSSR count). The number of anilines is 1. The summed E-state index contributed by atoms with van der Waals surface area (Å²) in [4.78, 5) is 12.3. The predicted molar refractivity (Wildman–Crippen MR) is 102 cm³/mol. The molecule has 26 heavy (non-hydrogen) atoms. The van der Waals surface area contributed by atoms with Crippen LogP contribution in [0.5, 0.6) is 0 Å². The van der Waals surface area contributed by atoms with Crippen molar-refractivity contribution in [2.75, 3.05) is 11.0 Å². The van der Waals surface area contributed by atoms with Gasteiger partial charge < -0.3 is 10.4 Å². The van der Waals surface area contributed by atoms with Gasteiger partial charge in [0, 0.05) is 23.6 Å². The van der Waals surface area contributed by atoms with E-state index in [0.717, 1.165) is 18.2 Å². The molecule has 8 heteroatoms. The number of piperidine rings is 1. The highest BCUT2D eigenvalue weighted by atomic mass is 32.2. The second-order valence-corrected chi connectivity index (χ2v) is 10.1. The zero-order valence-corrected chi connectivity index (χ0v) is 16.0. The smallest absolute Gasteiger partial charge is 0.234 e. The van der Waals surface area contributed by atoms with Gasteiger partial charge in [-0.3, -0.25) is 9.52 Å². The van der Waals surface area contributed by atoms with Crippen molar-refractivity contribution in [2.24, 2.45) is 11.8 Å². The van der Waals surface area contributed by atoms with Crippen LogP contribution in [0.4, 0.5) is 5.69 Å². The van der Waals surface area contributed by atoms with E-state index in [1.807, 2.05) is 17.5 Å². The van der Waals surface area contributed by atoms with Gasteiger partial charge in [-0.25, -0.2) is 8.42 Å². The van der Waals surface area contributed by atoms with Crippen molar-refractivity contribution in [1.29, 1.82) is 0 Å². The molecule has 2 aliphatic heterocycles. The quantitative estimate of drug-likeness (QED) is 0.725. The normalized spacial score (nSPS) is 36.2. The van der Waals surface area contributed by atoms with Crippen molar-refractivity contribution in [3.8, 4) is 0 Å². The largest absolute Gasteiger partial charge is 0.392 e. The molecule has 6 nitrogen and oxygen atoms in total. The second-order valence-electron chi connectivity index (χ2n) is 7.32. The molecule has 1 saturated carbocycles. The van der Waals surface area contributed by atoms with E-state index in [4.69, 9.17) is 0 Å². The number of rotatable bonds is 3. The third-order valence-electron chi connectivity index (χ3n) is 5.57. The highest BCUT2D eigenvalue weighted by Gasteiger charge is 2.51. The van der Waals surface area contributed by atoms with E-state index >= 15 is 0 Å². The van der Waals surface area contributed by atoms with E-state index in [-0.39, 0.29) is 35.0 Å². The molecular weight excluding hydrogens is 372 g/mol. The summed E-state index contributed by atoms with van der Waals surface area (Å²) >= 11 is 1.55. The van der Waals surface area contributed by atoms with Crippen molar-refractivity contribution < 1.29 is 18.3 Å². The number of aliphatic hydroxyl groups is 1. The fourth-order valence-corrected chi connectivity index (χ4v) is 6.23. The molecule has 3 N–H and O–H groups in total. The number of fused-ring (bicyclic) bond motifs is 3. The molecule has 0 spiro atoms. The van der Waals surface area contributed by atoms with Gasteiger partial charge in [0.25, 0.3) is 0 Å². The lowest BCUT2D eigenvalue weighted by Gasteiger charge is -2.48. The van der Waals surface area contributed by atoms with Gasteiger partial charge in [0.2, 0.25) is 15.9 Å². The number of thioether (sulfide) groups is 1. The Morgan fingerprint density at radius 2 is 1.96 bits per heavy atom. The van der Waals surface area contributed by atoms with Gasteiger partial charge in [0.15, 0.2) is 0 Å². The van der Waals surface area contributed by atoms with Crippen LogP contribution in [0.1, 0.15) is 24.3 Å². The Labute approximate surface area is 157 Å². The molecule has 0 bridgehead atoms. The molecule has 140 valence electrons. The standard InChI is InChI=1S/C18H22N2O4S2/c1-26(23,24)20-11-4-2-10(3-5-11)15-14(21)7-6-13-16(15)12-8-9-25-17(12)18(22)19-13/h2-5,8-9,12-17,20-21H,6-7H2,1H3,(H,19,22). The summed E-state index contributed by atoms with van der Waals surface area (Å²) < 4.78 is 25.2. The van der Waals surface area contributed by atoms with Gasteiger partial charge in [-0.05, 0) is 41.9 Å². The maximum absolute atomic E-state index is 12.3. The van der Waals surface area contributed by atoms with Crippen LogP contribution in [0, 0.1) is 11.8 Å². The Hall–Kier alpha value is -1.51. The summed E-state index contributed by atoms with van der Waals surface area (Å²) in [5, 5.41) is 15.8. The van der Waals surface area contributed by atoms with E-state index in [9.17, 15) is 18.3 Å². The van der Waals surface area contributed by atoms with E-state index in [1.54, 1.807) is 23.9 Å². The van der Waals surface area contributed by atoms with Crippen molar-refractivity contribution in [2.45, 2.75) is 36.2 Å². The summed E-state index contributed by atoms with van der Waals surface area (Å²) in [5.41, 5.74) is 1.48. The average molecular weight is 395 g/mol. The number of hydrogen-bond donors (Lipinski definition) is 3. The zero-order valence-electron chi connectivity index (χ0n) is 14.3. The zero-order chi connectivity index (χ0) is 18.5. The minimum Gasteiger partial charge on any atom is -0.392 e. The van der Waals surface area contributed by atoms with Crippen molar-refractivity contribution in [3.05, 3.63) is 41.3 Å². The second kappa shape index (κ2) is 6.58. The summed E-state index contributed by atoms with van der Waals surface area (Å²) in [6, 6.07) is 7.27. The molecule has 2 fully saturated rings. The van der Waals surface area contributed by atoms with Crippen LogP contribution in [0.15, 0.2) is 35.7 Å². The topological polar surface area (TPSA) is 95.5 Å². The third kappa shape index (κ3) is 3.25. The van der Waals surface area contributed by atoms with Crippen LogP contribution in [-0.2, 0) is 14.8 Å². The third-order valence-corrected chi connectivity index (χ3v) is 7.31. The monoisotopic (exact) mass is 394 g/mol. The number of amides is 1. The van der Waals surface area contributed by atoms with Crippen LogP contribution in [0.2, 0.25) is 0 Å². The van der Waals surface area contributed by atoms with Crippen LogP contribution in [0.25, 0.3) is 0 Å². The minimum atomic E-state index is -3.32. The first-order chi connectivity index (χ1) is 12.3. The first kappa shape index (κ1) is 17.9. The number of benzene rings is 1. The fraction of sp³-hybridized carbons (Fsp3) is 0.500. The highest BCUT2D eigenvalue weighted by Crippen LogP contribution is 2.50. The molecule has 6 unspecified atom stereocenters. The Kier molecular flexibility index (Phi) is 4.53. The van der Waals surface area contributed by atoms with Gasteiger partial charge in [-0.1, -0.05) is 18.2 Å². The van der Waals surface area contributed by atoms with Crippen molar-refractivity contribution >= 4 is 33.4 Å².